The highest BCUT2D eigenvalue weighted by Gasteiger charge is 2.07. The van der Waals surface area contributed by atoms with Crippen molar-refractivity contribution in [2.24, 2.45) is 5.92 Å². The number of carbonyl (C=O) groups is 2. The van der Waals surface area contributed by atoms with E-state index in [1.54, 1.807) is 0 Å². The molecule has 0 aromatic heterocycles. The summed E-state index contributed by atoms with van der Waals surface area (Å²) in [6, 6.07) is 0. The number of ether oxygens (including phenoxy) is 1. The Labute approximate surface area is 79.5 Å². The number of esters is 1. The summed E-state index contributed by atoms with van der Waals surface area (Å²) in [7, 11) is 0. The molecule has 0 saturated heterocycles. The molecule has 0 atom stereocenters. The molecule has 0 aromatic carbocycles. The third-order valence-electron chi connectivity index (χ3n) is 1.70. The van der Waals surface area contributed by atoms with E-state index in [1.807, 2.05) is 0 Å². The van der Waals surface area contributed by atoms with Crippen LogP contribution in [0.25, 0.3) is 0 Å². The van der Waals surface area contributed by atoms with Gasteiger partial charge in [-0.1, -0.05) is 20.3 Å². The first-order valence-electron chi connectivity index (χ1n) is 4.71. The van der Waals surface area contributed by atoms with Gasteiger partial charge in [-0.25, -0.2) is 4.79 Å². The largest absolute Gasteiger partial charge is 0.460 e. The molecule has 13 heavy (non-hydrogen) atoms. The van der Waals surface area contributed by atoms with Gasteiger partial charge in [0.05, 0.1) is 6.61 Å². The minimum atomic E-state index is -0.718. The summed E-state index contributed by atoms with van der Waals surface area (Å²) in [6.07, 6.45) is 3.03. The predicted molar refractivity (Wildman–Crippen MR) is 50.3 cm³/mol. The lowest BCUT2D eigenvalue weighted by Crippen LogP contribution is -2.14. The van der Waals surface area contributed by atoms with Gasteiger partial charge in [0.1, 0.15) is 0 Å². The number of hydrogen-bond acceptors (Lipinski definition) is 3. The first-order chi connectivity index (χ1) is 6.04. The molecule has 0 unspecified atom stereocenters. The zero-order valence-electron chi connectivity index (χ0n) is 8.63. The summed E-state index contributed by atoms with van der Waals surface area (Å²) >= 11 is 0. The first-order valence-corrected chi connectivity index (χ1v) is 4.71. The first kappa shape index (κ1) is 12.1. The molecule has 0 spiro atoms. The van der Waals surface area contributed by atoms with Crippen molar-refractivity contribution < 1.29 is 14.3 Å². The predicted octanol–water partition coefficient (Wildman–Crippen LogP) is 1.94. The Balaban J connectivity index is 3.26. The highest BCUT2D eigenvalue weighted by molar-refractivity contribution is 6.32. The van der Waals surface area contributed by atoms with Crippen LogP contribution in [0, 0.1) is 5.92 Å². The Bertz CT molecular complexity index is 173. The van der Waals surface area contributed by atoms with Crippen LogP contribution in [0.3, 0.4) is 0 Å². The van der Waals surface area contributed by atoms with Crippen LogP contribution in [-0.2, 0) is 14.3 Å². The molecule has 0 fully saturated rings. The summed E-state index contributed by atoms with van der Waals surface area (Å²) in [6.45, 7) is 5.89. The van der Waals surface area contributed by atoms with E-state index in [1.165, 1.54) is 6.92 Å². The molecule has 0 aromatic rings. The van der Waals surface area contributed by atoms with Crippen molar-refractivity contribution in [1.82, 2.24) is 0 Å². The summed E-state index contributed by atoms with van der Waals surface area (Å²) < 4.78 is 4.70. The van der Waals surface area contributed by atoms with Crippen LogP contribution in [0.15, 0.2) is 0 Å². The summed E-state index contributed by atoms with van der Waals surface area (Å²) in [4.78, 5) is 21.1. The number of Topliss-reactive ketones (excluding diaryl/α,β-unsaturated/α-hetero) is 1. The molecule has 0 aliphatic carbocycles. The van der Waals surface area contributed by atoms with Crippen LogP contribution in [0.1, 0.15) is 40.0 Å². The Morgan fingerprint density at radius 2 is 1.85 bits per heavy atom. The standard InChI is InChI=1S/C10H18O3/c1-8(2)6-4-5-7-13-10(12)9(3)11/h8H,4-7H2,1-3H3. The van der Waals surface area contributed by atoms with Crippen molar-refractivity contribution in [1.29, 1.82) is 0 Å². The second-order valence-corrected chi connectivity index (χ2v) is 3.58. The summed E-state index contributed by atoms with van der Waals surface area (Å²) in [5, 5.41) is 0. The van der Waals surface area contributed by atoms with E-state index in [4.69, 9.17) is 4.74 Å². The SMILES string of the molecule is CC(=O)C(=O)OCCCCC(C)C. The van der Waals surface area contributed by atoms with Crippen molar-refractivity contribution in [2.45, 2.75) is 40.0 Å². The molecule has 0 radical (unpaired) electrons. The van der Waals surface area contributed by atoms with Gasteiger partial charge in [0.15, 0.2) is 0 Å². The Morgan fingerprint density at radius 3 is 2.31 bits per heavy atom. The van der Waals surface area contributed by atoms with Crippen LogP contribution >= 0.6 is 0 Å². The fraction of sp³-hybridized carbons (Fsp3) is 0.800. The van der Waals surface area contributed by atoms with E-state index in [2.05, 4.69) is 13.8 Å². The quantitative estimate of drug-likeness (QED) is 0.362. The van der Waals surface area contributed by atoms with E-state index in [-0.39, 0.29) is 0 Å². The highest BCUT2D eigenvalue weighted by Crippen LogP contribution is 2.05. The minimum absolute atomic E-state index is 0.366. The monoisotopic (exact) mass is 186 g/mol. The van der Waals surface area contributed by atoms with Gasteiger partial charge < -0.3 is 4.74 Å². The molecular formula is C10H18O3. The lowest BCUT2D eigenvalue weighted by atomic mass is 10.1. The maximum absolute atomic E-state index is 10.7. The normalized spacial score (nSPS) is 10.2. The highest BCUT2D eigenvalue weighted by atomic mass is 16.5. The zero-order valence-corrected chi connectivity index (χ0v) is 8.63. The molecule has 0 aliphatic rings. The van der Waals surface area contributed by atoms with Crippen LogP contribution in [0.5, 0.6) is 0 Å². The van der Waals surface area contributed by atoms with Crippen LogP contribution in [0.4, 0.5) is 0 Å². The third kappa shape index (κ3) is 7.50. The molecule has 0 rings (SSSR count). The summed E-state index contributed by atoms with van der Waals surface area (Å²) in [5.41, 5.74) is 0. The number of carbonyl (C=O) groups excluding carboxylic acids is 2. The van der Waals surface area contributed by atoms with Gasteiger partial charge in [-0.15, -0.1) is 0 Å². The lowest BCUT2D eigenvalue weighted by molar-refractivity contribution is -0.153. The molecule has 0 N–H and O–H groups in total. The van der Waals surface area contributed by atoms with Crippen molar-refractivity contribution in [3.8, 4) is 0 Å². The second-order valence-electron chi connectivity index (χ2n) is 3.58. The molecule has 0 aliphatic heterocycles. The van der Waals surface area contributed by atoms with Crippen molar-refractivity contribution >= 4 is 11.8 Å². The smallest absolute Gasteiger partial charge is 0.374 e. The van der Waals surface area contributed by atoms with E-state index < -0.39 is 11.8 Å². The number of unbranched alkanes of at least 4 members (excludes halogenated alkanes) is 1. The molecule has 0 amide bonds. The summed E-state index contributed by atoms with van der Waals surface area (Å²) in [5.74, 6) is -0.558. The average Bonchev–Trinajstić information content (AvgIpc) is 2.02. The van der Waals surface area contributed by atoms with Gasteiger partial charge in [0.25, 0.3) is 0 Å². The topological polar surface area (TPSA) is 43.4 Å². The number of rotatable bonds is 6. The van der Waals surface area contributed by atoms with Crippen molar-refractivity contribution in [3.05, 3.63) is 0 Å². The van der Waals surface area contributed by atoms with Crippen LogP contribution in [-0.4, -0.2) is 18.4 Å². The Morgan fingerprint density at radius 1 is 1.23 bits per heavy atom. The van der Waals surface area contributed by atoms with Gasteiger partial charge >= 0.3 is 5.97 Å². The second kappa shape index (κ2) is 6.63. The van der Waals surface area contributed by atoms with E-state index >= 15 is 0 Å². The van der Waals surface area contributed by atoms with E-state index in [9.17, 15) is 9.59 Å². The number of hydrogen-bond donors (Lipinski definition) is 0. The zero-order chi connectivity index (χ0) is 10.3. The minimum Gasteiger partial charge on any atom is -0.460 e. The molecule has 0 heterocycles. The fourth-order valence-electron chi connectivity index (χ4n) is 0.921. The molecule has 76 valence electrons. The lowest BCUT2D eigenvalue weighted by Gasteiger charge is -2.04. The Kier molecular flexibility index (Phi) is 6.20. The number of ketones is 1. The molecule has 3 nitrogen and oxygen atoms in total. The molecule has 0 bridgehead atoms. The molecule has 0 saturated carbocycles. The van der Waals surface area contributed by atoms with Gasteiger partial charge in [-0.05, 0) is 18.8 Å². The van der Waals surface area contributed by atoms with Crippen LogP contribution in [0.2, 0.25) is 0 Å². The molecular weight excluding hydrogens is 168 g/mol. The van der Waals surface area contributed by atoms with Gasteiger partial charge in [-0.2, -0.15) is 0 Å². The maximum Gasteiger partial charge on any atom is 0.374 e. The van der Waals surface area contributed by atoms with Gasteiger partial charge in [-0.3, -0.25) is 4.79 Å². The Hall–Kier alpha value is -0.860. The van der Waals surface area contributed by atoms with Crippen molar-refractivity contribution in [3.63, 3.8) is 0 Å². The van der Waals surface area contributed by atoms with Crippen LogP contribution < -0.4 is 0 Å². The fourth-order valence-corrected chi connectivity index (χ4v) is 0.921. The van der Waals surface area contributed by atoms with E-state index in [0.717, 1.165) is 19.3 Å². The van der Waals surface area contributed by atoms with E-state index in [0.29, 0.717) is 12.5 Å². The maximum atomic E-state index is 10.7. The van der Waals surface area contributed by atoms with Crippen molar-refractivity contribution in [2.75, 3.05) is 6.61 Å². The molecule has 3 heteroatoms. The van der Waals surface area contributed by atoms with Gasteiger partial charge in [0.2, 0.25) is 5.78 Å². The van der Waals surface area contributed by atoms with Gasteiger partial charge in [0, 0.05) is 6.92 Å². The average molecular weight is 186 g/mol. The third-order valence-corrected chi connectivity index (χ3v) is 1.70.